The van der Waals surface area contributed by atoms with Crippen LogP contribution in [0.3, 0.4) is 0 Å². The highest BCUT2D eigenvalue weighted by molar-refractivity contribution is 5.38. The number of benzene rings is 1. The van der Waals surface area contributed by atoms with Crippen LogP contribution in [0.5, 0.6) is 0 Å². The molecule has 0 saturated heterocycles. The Labute approximate surface area is 99.3 Å². The smallest absolute Gasteiger partial charge is 0.0348 e. The van der Waals surface area contributed by atoms with Gasteiger partial charge in [-0.1, -0.05) is 18.6 Å². The maximum atomic E-state index is 3.51. The molecule has 16 heavy (non-hydrogen) atoms. The molecule has 0 aliphatic heterocycles. The zero-order valence-electron chi connectivity index (χ0n) is 10.9. The van der Waals surface area contributed by atoms with Crippen LogP contribution in [0.4, 0.5) is 0 Å². The third kappa shape index (κ3) is 2.01. The molecule has 1 saturated carbocycles. The van der Waals surface area contributed by atoms with Crippen LogP contribution in [0.15, 0.2) is 12.1 Å². The van der Waals surface area contributed by atoms with Gasteiger partial charge in [0, 0.05) is 6.04 Å². The van der Waals surface area contributed by atoms with Crippen molar-refractivity contribution < 1.29 is 0 Å². The van der Waals surface area contributed by atoms with Crippen LogP contribution in [0.2, 0.25) is 0 Å². The van der Waals surface area contributed by atoms with Crippen molar-refractivity contribution >= 4 is 0 Å². The van der Waals surface area contributed by atoms with E-state index in [1.165, 1.54) is 41.5 Å². The highest BCUT2D eigenvalue weighted by Gasteiger charge is 2.28. The predicted octanol–water partition coefficient (Wildman–Crippen LogP) is 3.67. The summed E-state index contributed by atoms with van der Waals surface area (Å²) in [5.41, 5.74) is 5.77. The topological polar surface area (TPSA) is 12.0 Å². The molecule has 1 fully saturated rings. The number of hydrogen-bond acceptors (Lipinski definition) is 1. The first-order chi connectivity index (χ1) is 7.63. The quantitative estimate of drug-likeness (QED) is 0.814. The third-order valence-electron chi connectivity index (χ3n) is 4.15. The van der Waals surface area contributed by atoms with E-state index in [1.807, 2.05) is 0 Å². The molecule has 1 aliphatic carbocycles. The van der Waals surface area contributed by atoms with Crippen molar-refractivity contribution in [3.63, 3.8) is 0 Å². The third-order valence-corrected chi connectivity index (χ3v) is 4.15. The maximum absolute atomic E-state index is 3.51. The van der Waals surface area contributed by atoms with Gasteiger partial charge in [-0.15, -0.1) is 0 Å². The van der Waals surface area contributed by atoms with Gasteiger partial charge in [0.15, 0.2) is 0 Å². The number of aryl methyl sites for hydroxylation is 3. The van der Waals surface area contributed by atoms with Crippen LogP contribution in [0, 0.1) is 26.7 Å². The molecular formula is C15H23N. The first-order valence-electron chi connectivity index (χ1n) is 6.38. The standard InChI is InChI=1S/C15H23N/c1-10-8-12(3)14(9-11(10)2)15(16-4)13-6-5-7-13/h8-9,13,15-16H,5-7H2,1-4H3. The highest BCUT2D eigenvalue weighted by atomic mass is 14.9. The van der Waals surface area contributed by atoms with E-state index in [4.69, 9.17) is 0 Å². The van der Waals surface area contributed by atoms with E-state index in [9.17, 15) is 0 Å². The normalized spacial score (nSPS) is 18.2. The predicted molar refractivity (Wildman–Crippen MR) is 69.8 cm³/mol. The maximum Gasteiger partial charge on any atom is 0.0348 e. The summed E-state index contributed by atoms with van der Waals surface area (Å²) in [6.45, 7) is 6.65. The Morgan fingerprint density at radius 3 is 2.19 bits per heavy atom. The van der Waals surface area contributed by atoms with E-state index in [0.717, 1.165) is 5.92 Å². The summed E-state index contributed by atoms with van der Waals surface area (Å²) in [7, 11) is 2.09. The van der Waals surface area contributed by atoms with E-state index in [-0.39, 0.29) is 0 Å². The Balaban J connectivity index is 2.33. The molecule has 1 aromatic rings. The summed E-state index contributed by atoms with van der Waals surface area (Å²) in [5.74, 6) is 0.853. The fourth-order valence-corrected chi connectivity index (χ4v) is 2.74. The molecule has 0 heterocycles. The Hall–Kier alpha value is -0.820. The Bertz CT molecular complexity index is 377. The van der Waals surface area contributed by atoms with Gasteiger partial charge in [-0.25, -0.2) is 0 Å². The first-order valence-corrected chi connectivity index (χ1v) is 6.38. The van der Waals surface area contributed by atoms with Crippen LogP contribution in [0.25, 0.3) is 0 Å². The SMILES string of the molecule is CNC(c1cc(C)c(C)cc1C)C1CCC1. The minimum atomic E-state index is 0.563. The van der Waals surface area contributed by atoms with Gasteiger partial charge >= 0.3 is 0 Å². The molecule has 0 bridgehead atoms. The molecule has 0 amide bonds. The fourth-order valence-electron chi connectivity index (χ4n) is 2.74. The second-order valence-corrected chi connectivity index (χ2v) is 5.25. The molecular weight excluding hydrogens is 194 g/mol. The zero-order valence-corrected chi connectivity index (χ0v) is 10.9. The number of nitrogens with one attached hydrogen (secondary N) is 1. The van der Waals surface area contributed by atoms with Crippen LogP contribution in [-0.2, 0) is 0 Å². The van der Waals surface area contributed by atoms with Gasteiger partial charge in [0.2, 0.25) is 0 Å². The molecule has 1 unspecified atom stereocenters. The summed E-state index contributed by atoms with van der Waals surface area (Å²) in [4.78, 5) is 0. The van der Waals surface area contributed by atoms with E-state index < -0.39 is 0 Å². The largest absolute Gasteiger partial charge is 0.313 e. The van der Waals surface area contributed by atoms with Crippen molar-refractivity contribution in [1.82, 2.24) is 5.32 Å². The van der Waals surface area contributed by atoms with Crippen molar-refractivity contribution in [2.75, 3.05) is 7.05 Å². The minimum Gasteiger partial charge on any atom is -0.313 e. The lowest BCUT2D eigenvalue weighted by Crippen LogP contribution is -2.30. The lowest BCUT2D eigenvalue weighted by molar-refractivity contribution is 0.239. The van der Waals surface area contributed by atoms with Crippen molar-refractivity contribution in [2.45, 2.75) is 46.1 Å². The summed E-state index contributed by atoms with van der Waals surface area (Å²) in [5, 5.41) is 3.51. The van der Waals surface area contributed by atoms with E-state index in [0.29, 0.717) is 6.04 Å². The van der Waals surface area contributed by atoms with Crippen molar-refractivity contribution in [3.8, 4) is 0 Å². The summed E-state index contributed by atoms with van der Waals surface area (Å²) >= 11 is 0. The van der Waals surface area contributed by atoms with Gasteiger partial charge in [0.05, 0.1) is 0 Å². The minimum absolute atomic E-state index is 0.563. The second kappa shape index (κ2) is 4.58. The summed E-state index contributed by atoms with van der Waals surface area (Å²) < 4.78 is 0. The lowest BCUT2D eigenvalue weighted by Gasteiger charge is -2.35. The monoisotopic (exact) mass is 217 g/mol. The molecule has 88 valence electrons. The van der Waals surface area contributed by atoms with Crippen LogP contribution >= 0.6 is 0 Å². The van der Waals surface area contributed by atoms with Crippen LogP contribution < -0.4 is 5.32 Å². The average Bonchev–Trinajstić information content (AvgIpc) is 2.17. The van der Waals surface area contributed by atoms with Gasteiger partial charge in [-0.05, 0) is 68.8 Å². The molecule has 1 nitrogen and oxygen atoms in total. The molecule has 0 radical (unpaired) electrons. The van der Waals surface area contributed by atoms with E-state index in [2.05, 4.69) is 45.3 Å². The Morgan fingerprint density at radius 2 is 1.69 bits per heavy atom. The molecule has 0 aromatic heterocycles. The number of hydrogen-bond donors (Lipinski definition) is 1. The highest BCUT2D eigenvalue weighted by Crippen LogP contribution is 2.38. The summed E-state index contributed by atoms with van der Waals surface area (Å²) in [6.07, 6.45) is 4.18. The lowest BCUT2D eigenvalue weighted by atomic mass is 9.76. The van der Waals surface area contributed by atoms with Gasteiger partial charge in [0.1, 0.15) is 0 Å². The van der Waals surface area contributed by atoms with Crippen LogP contribution in [-0.4, -0.2) is 7.05 Å². The first kappa shape index (κ1) is 11.7. The van der Waals surface area contributed by atoms with Gasteiger partial charge in [-0.3, -0.25) is 0 Å². The second-order valence-electron chi connectivity index (χ2n) is 5.25. The molecule has 1 atom stereocenters. The molecule has 0 spiro atoms. The molecule has 1 aromatic carbocycles. The van der Waals surface area contributed by atoms with Crippen molar-refractivity contribution in [3.05, 3.63) is 34.4 Å². The average molecular weight is 217 g/mol. The van der Waals surface area contributed by atoms with Gasteiger partial charge < -0.3 is 5.32 Å². The van der Waals surface area contributed by atoms with Gasteiger partial charge in [0.25, 0.3) is 0 Å². The zero-order chi connectivity index (χ0) is 11.7. The summed E-state index contributed by atoms with van der Waals surface area (Å²) in [6, 6.07) is 5.27. The molecule has 2 rings (SSSR count). The Kier molecular flexibility index (Phi) is 3.34. The van der Waals surface area contributed by atoms with Crippen molar-refractivity contribution in [2.24, 2.45) is 5.92 Å². The molecule has 1 aliphatic rings. The number of rotatable bonds is 3. The van der Waals surface area contributed by atoms with E-state index in [1.54, 1.807) is 0 Å². The Morgan fingerprint density at radius 1 is 1.06 bits per heavy atom. The molecule has 1 heteroatoms. The fraction of sp³-hybridized carbons (Fsp3) is 0.600. The molecule has 1 N–H and O–H groups in total. The van der Waals surface area contributed by atoms with Crippen LogP contribution in [0.1, 0.15) is 47.6 Å². The van der Waals surface area contributed by atoms with E-state index >= 15 is 0 Å². The van der Waals surface area contributed by atoms with Crippen molar-refractivity contribution in [1.29, 1.82) is 0 Å². The van der Waals surface area contributed by atoms with Gasteiger partial charge in [-0.2, -0.15) is 0 Å².